The molecule has 0 aromatic heterocycles. The number of rotatable bonds is 47. The molecular formula is C57H98O5. The van der Waals surface area contributed by atoms with Crippen molar-refractivity contribution in [3.63, 3.8) is 0 Å². The van der Waals surface area contributed by atoms with E-state index in [0.717, 1.165) is 83.5 Å². The van der Waals surface area contributed by atoms with Gasteiger partial charge in [0.25, 0.3) is 0 Å². The van der Waals surface area contributed by atoms with Crippen LogP contribution in [0.2, 0.25) is 0 Å². The van der Waals surface area contributed by atoms with Gasteiger partial charge < -0.3 is 14.6 Å². The van der Waals surface area contributed by atoms with Crippen molar-refractivity contribution < 1.29 is 24.2 Å². The van der Waals surface area contributed by atoms with Gasteiger partial charge in [-0.1, -0.05) is 227 Å². The van der Waals surface area contributed by atoms with Gasteiger partial charge in [0.1, 0.15) is 6.61 Å². The normalized spacial score (nSPS) is 12.9. The summed E-state index contributed by atoms with van der Waals surface area (Å²) in [6.07, 6.45) is 72.5. The summed E-state index contributed by atoms with van der Waals surface area (Å²) in [7, 11) is 0. The molecule has 1 N–H and O–H groups in total. The molecule has 0 aliphatic carbocycles. The highest BCUT2D eigenvalue weighted by Crippen LogP contribution is 2.15. The Morgan fingerprint density at radius 2 is 0.694 bits per heavy atom. The minimum absolute atomic E-state index is 0.0752. The zero-order valence-electron chi connectivity index (χ0n) is 40.6. The first kappa shape index (κ1) is 59.1. The highest BCUT2D eigenvalue weighted by molar-refractivity contribution is 5.70. The number of hydrogen-bond donors (Lipinski definition) is 1. The molecular weight excluding hydrogens is 765 g/mol. The van der Waals surface area contributed by atoms with Crippen LogP contribution >= 0.6 is 0 Å². The molecule has 356 valence electrons. The van der Waals surface area contributed by atoms with Crippen LogP contribution < -0.4 is 0 Å². The average Bonchev–Trinajstić information content (AvgIpc) is 3.28. The number of carbonyl (C=O) groups is 2. The van der Waals surface area contributed by atoms with Crippen molar-refractivity contribution in [2.24, 2.45) is 0 Å². The minimum Gasteiger partial charge on any atom is -0.462 e. The maximum Gasteiger partial charge on any atom is 0.306 e. The second-order valence-corrected chi connectivity index (χ2v) is 17.2. The first-order valence-electron chi connectivity index (χ1n) is 26.1. The smallest absolute Gasteiger partial charge is 0.306 e. The lowest BCUT2D eigenvalue weighted by Gasteiger charge is -2.15. The monoisotopic (exact) mass is 863 g/mol. The van der Waals surface area contributed by atoms with Gasteiger partial charge in [-0.15, -0.1) is 0 Å². The van der Waals surface area contributed by atoms with E-state index in [1.54, 1.807) is 0 Å². The lowest BCUT2D eigenvalue weighted by atomic mass is 10.0. The van der Waals surface area contributed by atoms with Crippen LogP contribution in [0, 0.1) is 0 Å². The fraction of sp³-hybridized carbons (Fsp3) is 0.719. The number of ether oxygens (including phenoxy) is 2. The first-order valence-corrected chi connectivity index (χ1v) is 26.1. The number of carbonyl (C=O) groups excluding carboxylic acids is 2. The molecule has 0 saturated carbocycles. The van der Waals surface area contributed by atoms with E-state index in [1.165, 1.54) is 135 Å². The molecule has 0 fully saturated rings. The number of esters is 2. The third kappa shape index (κ3) is 49.7. The first-order chi connectivity index (χ1) is 30.6. The van der Waals surface area contributed by atoms with Crippen LogP contribution in [0.4, 0.5) is 0 Å². The van der Waals surface area contributed by atoms with Gasteiger partial charge in [-0.2, -0.15) is 0 Å². The maximum absolute atomic E-state index is 12.3. The molecule has 0 heterocycles. The van der Waals surface area contributed by atoms with Gasteiger partial charge in [0.2, 0.25) is 0 Å². The van der Waals surface area contributed by atoms with Crippen LogP contribution in [-0.2, 0) is 19.1 Å². The van der Waals surface area contributed by atoms with Crippen molar-refractivity contribution in [1.29, 1.82) is 0 Å². The van der Waals surface area contributed by atoms with Crippen molar-refractivity contribution in [2.45, 2.75) is 251 Å². The van der Waals surface area contributed by atoms with E-state index < -0.39 is 6.10 Å². The second-order valence-electron chi connectivity index (χ2n) is 17.2. The second kappa shape index (κ2) is 52.4. The number of unbranched alkanes of at least 4 members (excludes halogenated alkanes) is 25. The number of hydrogen-bond acceptors (Lipinski definition) is 5. The number of aliphatic hydroxyl groups is 1. The minimum atomic E-state index is -0.784. The Balaban J connectivity index is 3.52. The molecule has 1 atom stereocenters. The molecule has 0 aliphatic heterocycles. The van der Waals surface area contributed by atoms with Crippen molar-refractivity contribution in [3.8, 4) is 0 Å². The zero-order valence-corrected chi connectivity index (χ0v) is 40.6. The molecule has 0 rings (SSSR count). The van der Waals surface area contributed by atoms with Crippen LogP contribution in [0.1, 0.15) is 245 Å². The fourth-order valence-corrected chi connectivity index (χ4v) is 7.26. The Kier molecular flexibility index (Phi) is 50.0. The topological polar surface area (TPSA) is 72.8 Å². The summed E-state index contributed by atoms with van der Waals surface area (Å²) in [5, 5.41) is 9.63. The summed E-state index contributed by atoms with van der Waals surface area (Å²) in [6, 6.07) is 0. The van der Waals surface area contributed by atoms with Gasteiger partial charge in [-0.25, -0.2) is 0 Å². The maximum atomic E-state index is 12.3. The van der Waals surface area contributed by atoms with Crippen LogP contribution in [-0.4, -0.2) is 36.4 Å². The summed E-state index contributed by atoms with van der Waals surface area (Å²) in [5.74, 6) is -0.607. The molecule has 5 nitrogen and oxygen atoms in total. The number of aliphatic hydroxyl groups excluding tert-OH is 1. The quantitative estimate of drug-likeness (QED) is 0.0375. The standard InChI is InChI=1S/C57H98O5/c1-3-5-7-9-11-13-15-17-19-21-23-24-25-26-27-28-29-30-31-32-34-35-37-39-41-43-45-47-49-51-56(59)61-54-55(53-58)62-57(60)52-50-48-46-44-42-40-38-36-33-22-20-18-16-14-12-10-8-6-4-2/h6,8,12,14-15,17-18,20-21,23,25-26,33,36,55,58H,3-5,7,9-11,13,16,19,22,24,27-32,34-35,37-54H2,1-2H3/b8-6-,14-12-,17-15-,20-18-,23-21-,26-25-,36-33-. The van der Waals surface area contributed by atoms with Gasteiger partial charge >= 0.3 is 11.9 Å². The molecule has 0 bridgehead atoms. The van der Waals surface area contributed by atoms with Gasteiger partial charge in [0.15, 0.2) is 6.10 Å². The molecule has 0 spiro atoms. The average molecular weight is 863 g/mol. The van der Waals surface area contributed by atoms with E-state index in [0.29, 0.717) is 12.8 Å². The molecule has 0 aromatic carbocycles. The van der Waals surface area contributed by atoms with Crippen LogP contribution in [0.5, 0.6) is 0 Å². The lowest BCUT2D eigenvalue weighted by Crippen LogP contribution is -2.28. The molecule has 0 amide bonds. The Hall–Kier alpha value is -2.92. The highest BCUT2D eigenvalue weighted by Gasteiger charge is 2.16. The zero-order chi connectivity index (χ0) is 44.9. The van der Waals surface area contributed by atoms with Crippen molar-refractivity contribution >= 4 is 11.9 Å². The molecule has 62 heavy (non-hydrogen) atoms. The molecule has 0 aliphatic rings. The van der Waals surface area contributed by atoms with Gasteiger partial charge in [0.05, 0.1) is 6.61 Å². The predicted molar refractivity (Wildman–Crippen MR) is 269 cm³/mol. The molecule has 0 saturated heterocycles. The largest absolute Gasteiger partial charge is 0.462 e. The van der Waals surface area contributed by atoms with Gasteiger partial charge in [-0.05, 0) is 89.9 Å². The summed E-state index contributed by atoms with van der Waals surface area (Å²) in [6.45, 7) is 4.01. The summed E-state index contributed by atoms with van der Waals surface area (Å²) < 4.78 is 10.7. The van der Waals surface area contributed by atoms with Crippen LogP contribution in [0.3, 0.4) is 0 Å². The van der Waals surface area contributed by atoms with E-state index in [2.05, 4.69) is 98.9 Å². The van der Waals surface area contributed by atoms with E-state index in [4.69, 9.17) is 9.47 Å². The summed E-state index contributed by atoms with van der Waals surface area (Å²) >= 11 is 0. The van der Waals surface area contributed by atoms with E-state index >= 15 is 0 Å². The lowest BCUT2D eigenvalue weighted by molar-refractivity contribution is -0.161. The third-order valence-corrected chi connectivity index (χ3v) is 11.2. The Bertz CT molecular complexity index is 1160. The van der Waals surface area contributed by atoms with Gasteiger partial charge in [-0.3, -0.25) is 9.59 Å². The van der Waals surface area contributed by atoms with Gasteiger partial charge in [0, 0.05) is 12.8 Å². The van der Waals surface area contributed by atoms with Crippen molar-refractivity contribution in [2.75, 3.05) is 13.2 Å². The highest BCUT2D eigenvalue weighted by atomic mass is 16.6. The molecule has 5 heteroatoms. The summed E-state index contributed by atoms with van der Waals surface area (Å²) in [4.78, 5) is 24.5. The third-order valence-electron chi connectivity index (χ3n) is 11.2. The number of allylic oxidation sites excluding steroid dienone is 14. The Labute approximate surface area is 384 Å². The Morgan fingerprint density at radius 3 is 1.05 bits per heavy atom. The SMILES string of the molecule is CC/C=C\C/C=C\C/C=C\C/C=C\CCCCCCCCC(=O)OC(CO)COC(=O)CCCCCCCCCCCCCCCC/C=C\C/C=C\C/C=C\CCCCCCC. The predicted octanol–water partition coefficient (Wildman–Crippen LogP) is 17.4. The van der Waals surface area contributed by atoms with Crippen molar-refractivity contribution in [3.05, 3.63) is 85.1 Å². The van der Waals surface area contributed by atoms with E-state index in [1.807, 2.05) is 0 Å². The van der Waals surface area contributed by atoms with Crippen LogP contribution in [0.15, 0.2) is 85.1 Å². The molecule has 0 radical (unpaired) electrons. The summed E-state index contributed by atoms with van der Waals surface area (Å²) in [5.41, 5.74) is 0. The molecule has 1 unspecified atom stereocenters. The fourth-order valence-electron chi connectivity index (χ4n) is 7.26. The van der Waals surface area contributed by atoms with Crippen LogP contribution in [0.25, 0.3) is 0 Å². The Morgan fingerprint density at radius 1 is 0.387 bits per heavy atom. The van der Waals surface area contributed by atoms with Crippen molar-refractivity contribution in [1.82, 2.24) is 0 Å². The van der Waals surface area contributed by atoms with E-state index in [-0.39, 0.29) is 25.2 Å². The van der Waals surface area contributed by atoms with E-state index in [9.17, 15) is 14.7 Å². The molecule has 0 aromatic rings.